The van der Waals surface area contributed by atoms with Gasteiger partial charge < -0.3 is 0 Å². The van der Waals surface area contributed by atoms with Gasteiger partial charge in [-0.15, -0.1) is 0 Å². The number of fused-ring (bicyclic) bond motifs is 1. The number of aryl methyl sites for hydroxylation is 1. The highest BCUT2D eigenvalue weighted by atomic mass is 15.2. The van der Waals surface area contributed by atoms with Gasteiger partial charge in [-0.2, -0.15) is 4.57 Å². The van der Waals surface area contributed by atoms with Crippen LogP contribution in [0.1, 0.15) is 66.9 Å². The normalized spacial score (nSPS) is 21.4. The maximum absolute atomic E-state index is 2.64. The van der Waals surface area contributed by atoms with Crippen molar-refractivity contribution in [2.45, 2.75) is 57.9 Å². The lowest BCUT2D eigenvalue weighted by Crippen LogP contribution is -2.55. The van der Waals surface area contributed by atoms with Gasteiger partial charge in [0.05, 0.1) is 5.92 Å². The highest BCUT2D eigenvalue weighted by Gasteiger charge is 2.46. The van der Waals surface area contributed by atoms with Crippen molar-refractivity contribution < 1.29 is 4.57 Å². The van der Waals surface area contributed by atoms with Crippen LogP contribution in [0, 0.1) is 13.8 Å². The molecule has 0 radical (unpaired) electrons. The van der Waals surface area contributed by atoms with Gasteiger partial charge >= 0.3 is 0 Å². The number of imidazole rings is 1. The summed E-state index contributed by atoms with van der Waals surface area (Å²) in [4.78, 5) is 0. The summed E-state index contributed by atoms with van der Waals surface area (Å²) in [5, 5.41) is 0. The molecule has 1 saturated carbocycles. The van der Waals surface area contributed by atoms with E-state index in [2.05, 4.69) is 96.7 Å². The number of aromatic nitrogens is 2. The van der Waals surface area contributed by atoms with Crippen molar-refractivity contribution >= 4 is 6.08 Å². The van der Waals surface area contributed by atoms with Crippen LogP contribution in [0.3, 0.4) is 0 Å². The van der Waals surface area contributed by atoms with Gasteiger partial charge in [-0.1, -0.05) is 61.4 Å². The summed E-state index contributed by atoms with van der Waals surface area (Å²) in [6.45, 7) is 6.89. The van der Waals surface area contributed by atoms with Crippen LogP contribution in [0.25, 0.3) is 11.8 Å². The van der Waals surface area contributed by atoms with Crippen molar-refractivity contribution in [3.63, 3.8) is 0 Å². The van der Waals surface area contributed by atoms with Crippen molar-refractivity contribution in [1.29, 1.82) is 0 Å². The summed E-state index contributed by atoms with van der Waals surface area (Å²) in [6.07, 6.45) is 10.0. The molecule has 2 nitrogen and oxygen atoms in total. The molecule has 3 aromatic rings. The minimum atomic E-state index is -0.132. The molecule has 2 heteroatoms. The van der Waals surface area contributed by atoms with Gasteiger partial charge in [-0.3, -0.25) is 0 Å². The molecule has 1 atom stereocenters. The van der Waals surface area contributed by atoms with Crippen LogP contribution in [-0.4, -0.2) is 4.57 Å². The van der Waals surface area contributed by atoms with Crippen molar-refractivity contribution in [3.05, 3.63) is 89.0 Å². The van der Waals surface area contributed by atoms with Gasteiger partial charge in [-0.25, -0.2) is 4.57 Å². The minimum absolute atomic E-state index is 0.132. The lowest BCUT2D eigenvalue weighted by atomic mass is 9.91. The Morgan fingerprint density at radius 1 is 0.929 bits per heavy atom. The van der Waals surface area contributed by atoms with E-state index in [0.717, 1.165) is 0 Å². The van der Waals surface area contributed by atoms with Gasteiger partial charge in [0.2, 0.25) is 0 Å². The SMILES string of the molecule is Cc1ccccc1-n1c(C)c2[n+](c1C1CCCC1)C(C)(c1ccccc1)C=C2. The zero-order valence-corrected chi connectivity index (χ0v) is 17.2. The van der Waals surface area contributed by atoms with E-state index in [1.54, 1.807) is 0 Å². The predicted octanol–water partition coefficient (Wildman–Crippen LogP) is 5.83. The highest BCUT2D eigenvalue weighted by molar-refractivity contribution is 5.55. The van der Waals surface area contributed by atoms with Crippen LogP contribution >= 0.6 is 0 Å². The van der Waals surface area contributed by atoms with Crippen LogP contribution in [0.2, 0.25) is 0 Å². The molecular weight excluding hydrogens is 340 g/mol. The number of rotatable bonds is 3. The Morgan fingerprint density at radius 2 is 1.61 bits per heavy atom. The molecule has 2 aliphatic rings. The number of nitrogens with zero attached hydrogens (tertiary/aromatic N) is 2. The Kier molecular flexibility index (Phi) is 4.04. The molecule has 0 bridgehead atoms. The van der Waals surface area contributed by atoms with Crippen LogP contribution in [0.15, 0.2) is 60.7 Å². The Labute approximate surface area is 168 Å². The molecule has 1 unspecified atom stereocenters. The summed E-state index contributed by atoms with van der Waals surface area (Å²) in [6, 6.07) is 19.8. The van der Waals surface area contributed by atoms with Crippen molar-refractivity contribution in [2.75, 3.05) is 0 Å². The third kappa shape index (κ3) is 2.44. The van der Waals surface area contributed by atoms with E-state index >= 15 is 0 Å². The average Bonchev–Trinajstić information content (AvgIpc) is 3.42. The second-order valence-electron chi connectivity index (χ2n) is 8.61. The van der Waals surface area contributed by atoms with Crippen LogP contribution in [0.4, 0.5) is 0 Å². The number of allylic oxidation sites excluding steroid dienone is 1. The Morgan fingerprint density at radius 3 is 2.32 bits per heavy atom. The van der Waals surface area contributed by atoms with Crippen LogP contribution in [0.5, 0.6) is 0 Å². The maximum atomic E-state index is 2.64. The number of hydrogen-bond donors (Lipinski definition) is 0. The van der Waals surface area contributed by atoms with Crippen LogP contribution < -0.4 is 4.57 Å². The molecule has 2 aromatic carbocycles. The lowest BCUT2D eigenvalue weighted by molar-refractivity contribution is -0.743. The van der Waals surface area contributed by atoms with Crippen molar-refractivity contribution in [3.8, 4) is 5.69 Å². The molecule has 5 rings (SSSR count). The minimum Gasteiger partial charge on any atom is -0.214 e. The number of para-hydroxylation sites is 1. The van der Waals surface area contributed by atoms with Crippen LogP contribution in [-0.2, 0) is 5.54 Å². The van der Waals surface area contributed by atoms with Gasteiger partial charge in [0, 0.05) is 12.5 Å². The fourth-order valence-corrected chi connectivity index (χ4v) is 5.34. The van der Waals surface area contributed by atoms with Crippen molar-refractivity contribution in [1.82, 2.24) is 4.57 Å². The van der Waals surface area contributed by atoms with Gasteiger partial charge in [0.15, 0.2) is 16.9 Å². The number of hydrogen-bond acceptors (Lipinski definition) is 0. The smallest absolute Gasteiger partial charge is 0.214 e. The Balaban J connectivity index is 1.81. The second-order valence-corrected chi connectivity index (χ2v) is 8.61. The first-order valence-corrected chi connectivity index (χ1v) is 10.6. The first kappa shape index (κ1) is 17.5. The molecule has 0 amide bonds. The summed E-state index contributed by atoms with van der Waals surface area (Å²) in [7, 11) is 0. The highest BCUT2D eigenvalue weighted by Crippen LogP contribution is 2.40. The monoisotopic (exact) mass is 369 g/mol. The van der Waals surface area contributed by atoms with Crippen molar-refractivity contribution in [2.24, 2.45) is 0 Å². The van der Waals surface area contributed by atoms with Gasteiger partial charge in [0.25, 0.3) is 5.82 Å². The van der Waals surface area contributed by atoms with E-state index in [4.69, 9.17) is 0 Å². The number of benzene rings is 2. The quantitative estimate of drug-likeness (QED) is 0.514. The molecule has 1 aromatic heterocycles. The molecule has 0 N–H and O–H groups in total. The van der Waals surface area contributed by atoms with E-state index in [1.165, 1.54) is 59.7 Å². The van der Waals surface area contributed by atoms with E-state index < -0.39 is 0 Å². The molecule has 1 aliphatic carbocycles. The largest absolute Gasteiger partial charge is 0.266 e. The molecule has 142 valence electrons. The summed E-state index contributed by atoms with van der Waals surface area (Å²) in [5.74, 6) is 2.10. The summed E-state index contributed by atoms with van der Waals surface area (Å²) >= 11 is 0. The molecule has 28 heavy (non-hydrogen) atoms. The zero-order valence-electron chi connectivity index (χ0n) is 17.2. The molecule has 0 saturated heterocycles. The predicted molar refractivity (Wildman–Crippen MR) is 115 cm³/mol. The fraction of sp³-hybridized carbons (Fsp3) is 0.346. The Hall–Kier alpha value is -2.61. The second kappa shape index (κ2) is 6.48. The van der Waals surface area contributed by atoms with E-state index in [9.17, 15) is 0 Å². The maximum Gasteiger partial charge on any atom is 0.266 e. The van der Waals surface area contributed by atoms with Gasteiger partial charge in [-0.05, 0) is 50.5 Å². The fourth-order valence-electron chi connectivity index (χ4n) is 5.34. The molecule has 1 fully saturated rings. The standard InChI is InChI=1S/C26H29N2/c1-19-11-7-10-16-23(19)27-20(2)24-17-18-26(3,22-14-5-4-6-15-22)28(24)25(27)21-12-8-9-13-21/h4-7,10-11,14-18,21H,8-9,12-13H2,1-3H3/q+1. The Bertz CT molecular complexity index is 1050. The van der Waals surface area contributed by atoms with E-state index in [-0.39, 0.29) is 5.54 Å². The van der Waals surface area contributed by atoms with E-state index in [0.29, 0.717) is 5.92 Å². The first-order chi connectivity index (χ1) is 13.6. The molecular formula is C26H29N2+. The molecule has 0 spiro atoms. The third-order valence-electron chi connectivity index (χ3n) is 6.87. The van der Waals surface area contributed by atoms with Gasteiger partial charge in [0.1, 0.15) is 5.69 Å². The topological polar surface area (TPSA) is 8.81 Å². The summed E-state index contributed by atoms with van der Waals surface area (Å²) < 4.78 is 5.20. The molecule has 1 aliphatic heterocycles. The molecule has 2 heterocycles. The zero-order chi connectivity index (χ0) is 19.3. The van der Waals surface area contributed by atoms with E-state index in [1.807, 2.05) is 0 Å². The summed E-state index contributed by atoms with van der Waals surface area (Å²) in [5.41, 5.74) is 6.60. The third-order valence-corrected chi connectivity index (χ3v) is 6.87. The average molecular weight is 370 g/mol. The first-order valence-electron chi connectivity index (χ1n) is 10.6. The lowest BCUT2D eigenvalue weighted by Gasteiger charge is -2.24.